The molecule has 2 amide bonds. The Balaban J connectivity index is 1.39. The fourth-order valence-corrected chi connectivity index (χ4v) is 4.35. The minimum Gasteiger partial charge on any atom is -0.341 e. The van der Waals surface area contributed by atoms with Gasteiger partial charge in [-0.3, -0.25) is 9.59 Å². The number of aromatic nitrogens is 1. The molecule has 0 saturated carbocycles. The maximum absolute atomic E-state index is 12.8. The van der Waals surface area contributed by atoms with Gasteiger partial charge in [-0.15, -0.1) is 0 Å². The van der Waals surface area contributed by atoms with E-state index in [4.69, 9.17) is 16.9 Å². The van der Waals surface area contributed by atoms with Gasteiger partial charge < -0.3 is 15.2 Å². The first-order chi connectivity index (χ1) is 16.4. The van der Waals surface area contributed by atoms with Crippen molar-refractivity contribution in [1.29, 1.82) is 5.26 Å². The molecule has 172 valence electrons. The Bertz CT molecular complexity index is 1430. The lowest BCUT2D eigenvalue weighted by Crippen LogP contribution is -2.22. The molecule has 0 radical (unpaired) electrons. The van der Waals surface area contributed by atoms with Gasteiger partial charge in [0.2, 0.25) is 11.8 Å². The number of nitrogens with one attached hydrogen (secondary N) is 2. The number of hydrogen-bond donors (Lipinski definition) is 2. The zero-order chi connectivity index (χ0) is 24.2. The minimum absolute atomic E-state index is 0.132. The van der Waals surface area contributed by atoms with Crippen LogP contribution in [0.5, 0.6) is 0 Å². The molecule has 1 heterocycles. The van der Waals surface area contributed by atoms with Gasteiger partial charge in [0, 0.05) is 52.1 Å². The molecule has 34 heavy (non-hydrogen) atoms. The predicted octanol–water partition coefficient (Wildman–Crippen LogP) is 6.33. The van der Waals surface area contributed by atoms with E-state index in [0.29, 0.717) is 17.7 Å². The summed E-state index contributed by atoms with van der Waals surface area (Å²) >= 11 is 6.01. The second-order valence-corrected chi connectivity index (χ2v) is 8.68. The normalized spacial score (nSPS) is 11.8. The maximum atomic E-state index is 12.8. The number of amides is 2. The molecule has 0 aliphatic rings. The summed E-state index contributed by atoms with van der Waals surface area (Å²) in [5.41, 5.74) is 3.91. The van der Waals surface area contributed by atoms with E-state index < -0.39 is 0 Å². The third-order valence-electron chi connectivity index (χ3n) is 5.98. The monoisotopic (exact) mass is 472 g/mol. The molecule has 7 heteroatoms. The number of carbonyl (C=O) groups excluding carboxylic acids is 2. The molecule has 3 aromatic carbocycles. The van der Waals surface area contributed by atoms with E-state index in [2.05, 4.69) is 34.3 Å². The highest BCUT2D eigenvalue weighted by atomic mass is 35.5. The molecule has 1 atom stereocenters. The molecule has 1 unspecified atom stereocenters. The summed E-state index contributed by atoms with van der Waals surface area (Å²) in [4.78, 5) is 25.1. The number of nitriles is 1. The summed E-state index contributed by atoms with van der Waals surface area (Å²) in [5.74, 6) is -0.690. The van der Waals surface area contributed by atoms with Crippen LogP contribution >= 0.6 is 11.6 Å². The number of fused-ring (bicyclic) bond motifs is 3. The molecule has 2 N–H and O–H groups in total. The second-order valence-electron chi connectivity index (χ2n) is 8.28. The van der Waals surface area contributed by atoms with E-state index in [1.54, 1.807) is 18.2 Å². The van der Waals surface area contributed by atoms with Gasteiger partial charge in [0.05, 0.1) is 10.6 Å². The molecule has 4 aromatic rings. The molecular weight excluding hydrogens is 448 g/mol. The van der Waals surface area contributed by atoms with E-state index in [1.165, 1.54) is 5.52 Å². The molecule has 0 bridgehead atoms. The number of carbonyl (C=O) groups is 2. The van der Waals surface area contributed by atoms with Crippen LogP contribution in [-0.2, 0) is 16.1 Å². The van der Waals surface area contributed by atoms with Gasteiger partial charge in [-0.25, -0.2) is 0 Å². The van der Waals surface area contributed by atoms with Crippen molar-refractivity contribution in [2.24, 2.45) is 5.92 Å². The van der Waals surface area contributed by atoms with Crippen LogP contribution < -0.4 is 10.6 Å². The summed E-state index contributed by atoms with van der Waals surface area (Å²) in [6.45, 7) is 4.79. The van der Waals surface area contributed by atoms with Gasteiger partial charge in [0.1, 0.15) is 6.07 Å². The van der Waals surface area contributed by atoms with E-state index in [1.807, 2.05) is 43.3 Å². The fourth-order valence-electron chi connectivity index (χ4n) is 4.12. The maximum Gasteiger partial charge on any atom is 0.227 e. The van der Waals surface area contributed by atoms with Crippen LogP contribution in [-0.4, -0.2) is 16.4 Å². The third kappa shape index (κ3) is 4.75. The van der Waals surface area contributed by atoms with Crippen molar-refractivity contribution in [3.63, 3.8) is 0 Å². The van der Waals surface area contributed by atoms with E-state index in [9.17, 15) is 9.59 Å². The first-order valence-electron chi connectivity index (χ1n) is 11.2. The molecule has 6 nitrogen and oxygen atoms in total. The van der Waals surface area contributed by atoms with Gasteiger partial charge in [0.25, 0.3) is 0 Å². The number of hydrogen-bond acceptors (Lipinski definition) is 3. The topological polar surface area (TPSA) is 86.9 Å². The Morgan fingerprint density at radius 1 is 1.00 bits per heavy atom. The summed E-state index contributed by atoms with van der Waals surface area (Å²) in [5, 5.41) is 17.2. The summed E-state index contributed by atoms with van der Waals surface area (Å²) in [6, 6.07) is 20.9. The first kappa shape index (κ1) is 23.3. The average Bonchev–Trinajstić information content (AvgIpc) is 3.15. The number of halogens is 1. The molecule has 1 aromatic heterocycles. The van der Waals surface area contributed by atoms with Gasteiger partial charge in [0.15, 0.2) is 0 Å². The Kier molecular flexibility index (Phi) is 6.85. The molecular formula is C27H25ClN4O2. The van der Waals surface area contributed by atoms with Crippen molar-refractivity contribution in [2.45, 2.75) is 33.2 Å². The lowest BCUT2D eigenvalue weighted by molar-refractivity contribution is -0.120. The highest BCUT2D eigenvalue weighted by Crippen LogP contribution is 2.31. The lowest BCUT2D eigenvalue weighted by atomic mass is 10.0. The minimum atomic E-state index is -0.344. The van der Waals surface area contributed by atoms with Gasteiger partial charge in [-0.2, -0.15) is 5.26 Å². The van der Waals surface area contributed by atoms with Crippen molar-refractivity contribution >= 4 is 56.6 Å². The SMILES string of the molecule is CCn1c2ccccc2c2cc(NC(=O)C(C)CCC(=O)Nc3ccc(C#N)c(Cl)c3)ccc21. The van der Waals surface area contributed by atoms with Crippen LogP contribution in [0.1, 0.15) is 32.3 Å². The number of benzene rings is 3. The molecule has 0 aliphatic heterocycles. The average molecular weight is 473 g/mol. The zero-order valence-corrected chi connectivity index (χ0v) is 19.8. The van der Waals surface area contributed by atoms with Crippen molar-refractivity contribution in [2.75, 3.05) is 10.6 Å². The van der Waals surface area contributed by atoms with Crippen molar-refractivity contribution < 1.29 is 9.59 Å². The summed E-state index contributed by atoms with van der Waals surface area (Å²) in [7, 11) is 0. The third-order valence-corrected chi connectivity index (χ3v) is 6.29. The fraction of sp³-hybridized carbons (Fsp3) is 0.222. The summed E-state index contributed by atoms with van der Waals surface area (Å²) < 4.78 is 2.26. The predicted molar refractivity (Wildman–Crippen MR) is 137 cm³/mol. The highest BCUT2D eigenvalue weighted by molar-refractivity contribution is 6.32. The Labute approximate surface area is 203 Å². The van der Waals surface area contributed by atoms with Crippen LogP contribution in [0.2, 0.25) is 5.02 Å². The molecule has 0 aliphatic carbocycles. The smallest absolute Gasteiger partial charge is 0.227 e. The lowest BCUT2D eigenvalue weighted by Gasteiger charge is -2.13. The Morgan fingerprint density at radius 3 is 2.44 bits per heavy atom. The number of aryl methyl sites for hydroxylation is 1. The van der Waals surface area contributed by atoms with Gasteiger partial charge >= 0.3 is 0 Å². The Morgan fingerprint density at radius 2 is 1.71 bits per heavy atom. The number of nitrogens with zero attached hydrogens (tertiary/aromatic N) is 2. The standard InChI is InChI=1S/C27H25ClN4O2/c1-3-32-24-7-5-4-6-21(24)22-14-19(11-12-25(22)32)31-27(34)17(2)8-13-26(33)30-20-10-9-18(16-29)23(28)15-20/h4-7,9-12,14-15,17H,3,8,13H2,1-2H3,(H,30,33)(H,31,34). The molecule has 0 saturated heterocycles. The van der Waals surface area contributed by atoms with E-state index in [-0.39, 0.29) is 29.2 Å². The quantitative estimate of drug-likeness (QED) is 0.329. The van der Waals surface area contributed by atoms with Crippen LogP contribution in [0.3, 0.4) is 0 Å². The largest absolute Gasteiger partial charge is 0.341 e. The van der Waals surface area contributed by atoms with E-state index in [0.717, 1.165) is 28.5 Å². The van der Waals surface area contributed by atoms with Crippen molar-refractivity contribution in [3.8, 4) is 6.07 Å². The van der Waals surface area contributed by atoms with Crippen LogP contribution in [0.25, 0.3) is 21.8 Å². The van der Waals surface area contributed by atoms with Crippen LogP contribution in [0.15, 0.2) is 60.7 Å². The second kappa shape index (κ2) is 9.98. The zero-order valence-electron chi connectivity index (χ0n) is 19.1. The van der Waals surface area contributed by atoms with Crippen molar-refractivity contribution in [1.82, 2.24) is 4.57 Å². The number of anilines is 2. The number of para-hydroxylation sites is 1. The van der Waals surface area contributed by atoms with Gasteiger partial charge in [-0.05, 0) is 55.8 Å². The first-order valence-corrected chi connectivity index (χ1v) is 11.6. The number of rotatable bonds is 7. The van der Waals surface area contributed by atoms with Gasteiger partial charge in [-0.1, -0.05) is 36.7 Å². The molecule has 0 fully saturated rings. The molecule has 0 spiro atoms. The Hall–Kier alpha value is -3.82. The van der Waals surface area contributed by atoms with Crippen LogP contribution in [0.4, 0.5) is 11.4 Å². The van der Waals surface area contributed by atoms with E-state index >= 15 is 0 Å². The molecule has 4 rings (SSSR count). The summed E-state index contributed by atoms with van der Waals surface area (Å²) in [6.07, 6.45) is 0.592. The van der Waals surface area contributed by atoms with Crippen LogP contribution in [0, 0.1) is 17.2 Å². The highest BCUT2D eigenvalue weighted by Gasteiger charge is 2.16. The van der Waals surface area contributed by atoms with Crippen molar-refractivity contribution in [3.05, 3.63) is 71.2 Å².